The molecule has 0 nitrogen and oxygen atoms in total. The maximum atomic E-state index is 2.52. The summed E-state index contributed by atoms with van der Waals surface area (Å²) in [6, 6.07) is 54.7. The van der Waals surface area contributed by atoms with Crippen molar-refractivity contribution in [2.24, 2.45) is 0 Å². The van der Waals surface area contributed by atoms with Crippen molar-refractivity contribution >= 4 is 40.0 Å². The van der Waals surface area contributed by atoms with Gasteiger partial charge in [0.25, 0.3) is 0 Å². The van der Waals surface area contributed by atoms with Crippen molar-refractivity contribution < 1.29 is 25.8 Å². The molecule has 0 N–H and O–H groups in total. The molecule has 0 amide bonds. The van der Waals surface area contributed by atoms with Gasteiger partial charge in [-0.25, -0.2) is 0 Å². The Hall–Kier alpha value is -4.37. The van der Waals surface area contributed by atoms with Crippen LogP contribution in [0, 0.1) is 42.5 Å². The minimum atomic E-state index is -2.06. The van der Waals surface area contributed by atoms with Crippen LogP contribution in [0.5, 0.6) is 0 Å². The first-order valence-electron chi connectivity index (χ1n) is 17.4. The SMILES string of the molecule is Cc1cccc(C)c1-c1ccccc1-c1cccc2[cH-]c([Si](C)(C)c3cc4c(-c5ccccc5-c5c(C)cccc5C)cccc4[cH-]3)cc12.[CH3-].[CH3-].[Hf+4]. The summed E-state index contributed by atoms with van der Waals surface area (Å²) in [6.45, 7) is 13.9. The Morgan fingerprint density at radius 2 is 0.692 bits per heavy atom. The summed E-state index contributed by atoms with van der Waals surface area (Å²) in [5.41, 5.74) is 15.8. The molecule has 0 saturated carbocycles. The van der Waals surface area contributed by atoms with E-state index in [1.807, 2.05) is 0 Å². The monoisotopic (exact) mass is 856 g/mol. The van der Waals surface area contributed by atoms with Crippen LogP contribution in [0.3, 0.4) is 0 Å². The first-order chi connectivity index (χ1) is 23.7. The zero-order chi connectivity index (χ0) is 33.9. The molecule has 0 aliphatic rings. The molecule has 8 aromatic carbocycles. The second-order valence-electron chi connectivity index (χ2n) is 14.4. The number of hydrogen-bond donors (Lipinski definition) is 0. The van der Waals surface area contributed by atoms with Gasteiger partial charge in [0, 0.05) is 0 Å². The van der Waals surface area contributed by atoms with E-state index in [-0.39, 0.29) is 40.7 Å². The van der Waals surface area contributed by atoms with Crippen molar-refractivity contribution in [3.8, 4) is 44.5 Å². The molecule has 0 unspecified atom stereocenters. The van der Waals surface area contributed by atoms with Crippen molar-refractivity contribution in [2.75, 3.05) is 0 Å². The van der Waals surface area contributed by atoms with Crippen molar-refractivity contribution in [3.63, 3.8) is 0 Å². The third kappa shape index (κ3) is 6.57. The fourth-order valence-electron chi connectivity index (χ4n) is 8.18. The molecule has 0 radical (unpaired) electrons. The van der Waals surface area contributed by atoms with E-state index < -0.39 is 8.07 Å². The van der Waals surface area contributed by atoms with Crippen LogP contribution in [0.1, 0.15) is 22.3 Å². The van der Waals surface area contributed by atoms with E-state index in [0.29, 0.717) is 0 Å². The van der Waals surface area contributed by atoms with Gasteiger partial charge in [-0.05, 0) is 83.3 Å². The second-order valence-corrected chi connectivity index (χ2v) is 18.8. The molecule has 0 saturated heterocycles. The average molecular weight is 856 g/mol. The van der Waals surface area contributed by atoms with Crippen LogP contribution in [0.15, 0.2) is 146 Å². The van der Waals surface area contributed by atoms with Gasteiger partial charge in [0.05, 0.1) is 8.07 Å². The predicted molar refractivity (Wildman–Crippen MR) is 229 cm³/mol. The van der Waals surface area contributed by atoms with Crippen LogP contribution >= 0.6 is 0 Å². The Balaban J connectivity index is 0.00000174. The van der Waals surface area contributed by atoms with Crippen LogP contribution in [-0.4, -0.2) is 8.07 Å². The molecule has 2 heteroatoms. The molecule has 0 atom stereocenters. The molecule has 0 fully saturated rings. The smallest absolute Gasteiger partial charge is 0.358 e. The van der Waals surface area contributed by atoms with Crippen molar-refractivity contribution in [1.29, 1.82) is 0 Å². The molecule has 0 aliphatic heterocycles. The van der Waals surface area contributed by atoms with Crippen molar-refractivity contribution in [3.05, 3.63) is 183 Å². The normalized spacial score (nSPS) is 11.2. The van der Waals surface area contributed by atoms with Crippen LogP contribution in [0.4, 0.5) is 0 Å². The van der Waals surface area contributed by atoms with Gasteiger partial charge in [0.15, 0.2) is 0 Å². The summed E-state index contributed by atoms with van der Waals surface area (Å²) in [5.74, 6) is 0. The topological polar surface area (TPSA) is 0 Å². The van der Waals surface area contributed by atoms with Crippen molar-refractivity contribution in [1.82, 2.24) is 0 Å². The van der Waals surface area contributed by atoms with E-state index in [2.05, 4.69) is 186 Å². The molecular formula is C50H48HfSi. The molecular weight excluding hydrogens is 807 g/mol. The molecule has 52 heavy (non-hydrogen) atoms. The Morgan fingerprint density at radius 1 is 0.385 bits per heavy atom. The second kappa shape index (κ2) is 15.3. The first-order valence-corrected chi connectivity index (χ1v) is 20.4. The largest absolute Gasteiger partial charge is 4.00 e. The van der Waals surface area contributed by atoms with E-state index in [4.69, 9.17) is 0 Å². The molecule has 0 heterocycles. The maximum Gasteiger partial charge on any atom is 4.00 e. The average Bonchev–Trinajstić information content (AvgIpc) is 3.75. The summed E-state index contributed by atoms with van der Waals surface area (Å²) in [4.78, 5) is 0. The number of aryl methyl sites for hydroxylation is 4. The molecule has 0 aliphatic carbocycles. The summed E-state index contributed by atoms with van der Waals surface area (Å²) in [6.07, 6.45) is 0. The molecule has 8 rings (SSSR count). The minimum absolute atomic E-state index is 0. The standard InChI is InChI=1S/C48H42Si.2CH3.Hf/c1-31-15-11-16-32(2)47(31)43-23-9-7-21-39(43)41-25-13-19-35-27-37(29-45(35)41)49(5,6)38-28-36-20-14-26-42(46(36)30-38)40-22-8-10-24-44(40)48-33(3)17-12-18-34(48)4;;;/h7-30H,1-6H3;2*1H3;/q-2;2*-1;+4. The molecule has 0 aromatic heterocycles. The van der Waals surface area contributed by atoms with E-state index >= 15 is 0 Å². The number of hydrogen-bond acceptors (Lipinski definition) is 0. The van der Waals surface area contributed by atoms with Crippen LogP contribution < -0.4 is 10.4 Å². The zero-order valence-electron chi connectivity index (χ0n) is 31.9. The Morgan fingerprint density at radius 3 is 1.06 bits per heavy atom. The van der Waals surface area contributed by atoms with E-state index in [9.17, 15) is 0 Å². The van der Waals surface area contributed by atoms with E-state index in [0.717, 1.165) is 0 Å². The minimum Gasteiger partial charge on any atom is -0.358 e. The fraction of sp³-hybridized carbons (Fsp3) is 0.120. The van der Waals surface area contributed by atoms with Gasteiger partial charge >= 0.3 is 25.8 Å². The predicted octanol–water partition coefficient (Wildman–Crippen LogP) is 13.1. The Bertz CT molecular complexity index is 2310. The van der Waals surface area contributed by atoms with Crippen LogP contribution in [0.2, 0.25) is 13.1 Å². The van der Waals surface area contributed by atoms with Crippen LogP contribution in [-0.2, 0) is 25.8 Å². The maximum absolute atomic E-state index is 2.52. The quantitative estimate of drug-likeness (QED) is 0.115. The van der Waals surface area contributed by atoms with Gasteiger partial charge in [-0.2, -0.15) is 12.1 Å². The molecule has 0 bridgehead atoms. The fourth-order valence-corrected chi connectivity index (χ4v) is 10.6. The molecule has 8 aromatic rings. The first kappa shape index (κ1) is 38.8. The van der Waals surface area contributed by atoms with Gasteiger partial charge in [-0.15, -0.1) is 68.3 Å². The van der Waals surface area contributed by atoms with Gasteiger partial charge < -0.3 is 14.9 Å². The Kier molecular flexibility index (Phi) is 11.4. The summed E-state index contributed by atoms with van der Waals surface area (Å²) >= 11 is 0. The molecule has 0 spiro atoms. The third-order valence-corrected chi connectivity index (χ3v) is 14.3. The summed E-state index contributed by atoms with van der Waals surface area (Å²) < 4.78 is 0. The van der Waals surface area contributed by atoms with Gasteiger partial charge in [-0.1, -0.05) is 121 Å². The Labute approximate surface area is 331 Å². The summed E-state index contributed by atoms with van der Waals surface area (Å²) in [7, 11) is -2.06. The number of fused-ring (bicyclic) bond motifs is 2. The van der Waals surface area contributed by atoms with E-state index in [1.165, 1.54) is 98.7 Å². The van der Waals surface area contributed by atoms with Crippen molar-refractivity contribution in [2.45, 2.75) is 40.8 Å². The zero-order valence-corrected chi connectivity index (χ0v) is 36.4. The van der Waals surface area contributed by atoms with Gasteiger partial charge in [0.1, 0.15) is 0 Å². The number of benzene rings is 6. The van der Waals surface area contributed by atoms with Gasteiger partial charge in [-0.3, -0.25) is 0 Å². The third-order valence-electron chi connectivity index (χ3n) is 10.9. The molecule has 256 valence electrons. The van der Waals surface area contributed by atoms with Gasteiger partial charge in [0.2, 0.25) is 0 Å². The number of rotatable bonds is 6. The summed E-state index contributed by atoms with van der Waals surface area (Å²) in [5, 5.41) is 8.29. The van der Waals surface area contributed by atoms with Crippen LogP contribution in [0.25, 0.3) is 66.1 Å². The van der Waals surface area contributed by atoms with E-state index in [1.54, 1.807) is 0 Å².